The molecule has 0 saturated heterocycles. The summed E-state index contributed by atoms with van der Waals surface area (Å²) in [5, 5.41) is 12.7. The summed E-state index contributed by atoms with van der Waals surface area (Å²) in [4.78, 5) is 28.3. The van der Waals surface area contributed by atoms with Crippen LogP contribution in [0.15, 0.2) is 42.6 Å². The Kier molecular flexibility index (Phi) is 6.12. The predicted molar refractivity (Wildman–Crippen MR) is 112 cm³/mol. The highest BCUT2D eigenvalue weighted by molar-refractivity contribution is 6.17. The fraction of sp³-hybridized carbons (Fsp3) is 0.261. The van der Waals surface area contributed by atoms with Crippen molar-refractivity contribution in [3.05, 3.63) is 70.4 Å². The molecule has 0 atom stereocenters. The van der Waals surface area contributed by atoms with Crippen molar-refractivity contribution in [2.24, 2.45) is 0 Å². The zero-order valence-corrected chi connectivity index (χ0v) is 16.8. The molecule has 6 nitrogen and oxygen atoms in total. The number of carboxylic acid groups (broad SMARTS) is 1. The molecular weight excluding hydrogens is 368 g/mol. The van der Waals surface area contributed by atoms with Gasteiger partial charge in [0, 0.05) is 29.3 Å². The van der Waals surface area contributed by atoms with Gasteiger partial charge < -0.3 is 15.2 Å². The van der Waals surface area contributed by atoms with Crippen LogP contribution in [0.1, 0.15) is 39.5 Å². The third kappa shape index (κ3) is 4.21. The number of aromatic nitrogens is 1. The van der Waals surface area contributed by atoms with Gasteiger partial charge in [0.1, 0.15) is 0 Å². The molecule has 0 bridgehead atoms. The highest BCUT2D eigenvalue weighted by atomic mass is 16.5. The number of hydrogen-bond donors (Lipinski definition) is 2. The van der Waals surface area contributed by atoms with E-state index < -0.39 is 6.09 Å². The van der Waals surface area contributed by atoms with Crippen molar-refractivity contribution in [2.75, 3.05) is 13.2 Å². The maximum Gasteiger partial charge on any atom is 0.404 e. The van der Waals surface area contributed by atoms with Crippen molar-refractivity contribution >= 4 is 22.6 Å². The molecule has 2 aromatic carbocycles. The Balaban J connectivity index is 1.98. The first-order valence-electron chi connectivity index (χ1n) is 9.55. The number of carbonyl (C=O) groups is 2. The van der Waals surface area contributed by atoms with Gasteiger partial charge in [-0.15, -0.1) is 0 Å². The Hall–Kier alpha value is -3.41. The average Bonchev–Trinajstić information content (AvgIpc) is 2.70. The van der Waals surface area contributed by atoms with Gasteiger partial charge in [-0.2, -0.15) is 0 Å². The Morgan fingerprint density at radius 3 is 2.55 bits per heavy atom. The van der Waals surface area contributed by atoms with Crippen molar-refractivity contribution in [1.29, 1.82) is 0 Å². The standard InChI is InChI=1S/C23H24N2O4/c1-4-29-22-20-7-5-6-19(18(20)11-13-24-22)21(26)17-9-8-16(14(2)15(17)3)10-12-25-23(27)28/h5-9,11,13,25H,4,10,12H2,1-3H3,(H,27,28). The fourth-order valence-electron chi connectivity index (χ4n) is 3.47. The van der Waals surface area contributed by atoms with Gasteiger partial charge in [-0.1, -0.05) is 24.3 Å². The molecule has 150 valence electrons. The Morgan fingerprint density at radius 1 is 1.03 bits per heavy atom. The summed E-state index contributed by atoms with van der Waals surface area (Å²) < 4.78 is 5.60. The molecule has 0 fully saturated rings. The monoisotopic (exact) mass is 392 g/mol. The molecule has 6 heteroatoms. The number of nitrogens with one attached hydrogen (secondary N) is 1. The molecule has 0 radical (unpaired) electrons. The normalized spacial score (nSPS) is 10.7. The number of rotatable bonds is 7. The van der Waals surface area contributed by atoms with Crippen LogP contribution >= 0.6 is 0 Å². The van der Waals surface area contributed by atoms with Crippen LogP contribution < -0.4 is 10.1 Å². The number of hydrogen-bond acceptors (Lipinski definition) is 4. The molecule has 0 aliphatic heterocycles. The number of benzene rings is 2. The maximum atomic E-state index is 13.4. The average molecular weight is 392 g/mol. The molecule has 1 aromatic heterocycles. The van der Waals surface area contributed by atoms with Gasteiger partial charge in [0.2, 0.25) is 5.88 Å². The van der Waals surface area contributed by atoms with Crippen LogP contribution in [0, 0.1) is 13.8 Å². The second-order valence-corrected chi connectivity index (χ2v) is 6.78. The molecule has 1 amide bonds. The van der Waals surface area contributed by atoms with Gasteiger partial charge >= 0.3 is 6.09 Å². The van der Waals surface area contributed by atoms with E-state index >= 15 is 0 Å². The first-order valence-corrected chi connectivity index (χ1v) is 9.55. The minimum atomic E-state index is -1.04. The molecule has 0 aliphatic rings. The first kappa shape index (κ1) is 20.3. The lowest BCUT2D eigenvalue weighted by atomic mass is 9.90. The third-order valence-electron chi connectivity index (χ3n) is 5.11. The van der Waals surface area contributed by atoms with Gasteiger partial charge in [0.05, 0.1) is 6.61 Å². The van der Waals surface area contributed by atoms with E-state index in [0.29, 0.717) is 36.6 Å². The van der Waals surface area contributed by atoms with Crippen LogP contribution in [0.5, 0.6) is 5.88 Å². The molecular formula is C23H24N2O4. The number of fused-ring (bicyclic) bond motifs is 1. The van der Waals surface area contributed by atoms with Crippen molar-refractivity contribution in [3.63, 3.8) is 0 Å². The largest absolute Gasteiger partial charge is 0.478 e. The fourth-order valence-corrected chi connectivity index (χ4v) is 3.47. The molecule has 0 aliphatic carbocycles. The molecule has 3 rings (SSSR count). The lowest BCUT2D eigenvalue weighted by Crippen LogP contribution is -2.23. The van der Waals surface area contributed by atoms with Gasteiger partial charge in [0.25, 0.3) is 0 Å². The molecule has 29 heavy (non-hydrogen) atoms. The Morgan fingerprint density at radius 2 is 1.83 bits per heavy atom. The number of amides is 1. The Labute approximate surface area is 169 Å². The van der Waals surface area contributed by atoms with Crippen molar-refractivity contribution in [3.8, 4) is 5.88 Å². The molecule has 1 heterocycles. The van der Waals surface area contributed by atoms with Crippen LogP contribution in [0.2, 0.25) is 0 Å². The zero-order chi connectivity index (χ0) is 21.0. The summed E-state index contributed by atoms with van der Waals surface area (Å²) in [6.45, 7) is 6.62. The van der Waals surface area contributed by atoms with Crippen molar-refractivity contribution in [2.45, 2.75) is 27.2 Å². The number of ketones is 1. The molecule has 0 unspecified atom stereocenters. The predicted octanol–water partition coefficient (Wildman–Crippen LogP) is 4.29. The van der Waals surface area contributed by atoms with Crippen LogP contribution in [-0.4, -0.2) is 35.1 Å². The molecule has 0 spiro atoms. The molecule has 0 saturated carbocycles. The highest BCUT2D eigenvalue weighted by Crippen LogP contribution is 2.29. The lowest BCUT2D eigenvalue weighted by molar-refractivity contribution is 0.103. The van der Waals surface area contributed by atoms with E-state index in [-0.39, 0.29) is 5.78 Å². The Bertz CT molecular complexity index is 1080. The van der Waals surface area contributed by atoms with Gasteiger partial charge in [-0.25, -0.2) is 9.78 Å². The van der Waals surface area contributed by atoms with Crippen LogP contribution in [0.3, 0.4) is 0 Å². The zero-order valence-electron chi connectivity index (χ0n) is 16.8. The van der Waals surface area contributed by atoms with E-state index in [0.717, 1.165) is 27.5 Å². The van der Waals surface area contributed by atoms with E-state index in [1.807, 2.05) is 57.2 Å². The highest BCUT2D eigenvalue weighted by Gasteiger charge is 2.18. The molecule has 3 aromatic rings. The van der Waals surface area contributed by atoms with Crippen LogP contribution in [-0.2, 0) is 6.42 Å². The first-order chi connectivity index (χ1) is 13.9. The van der Waals surface area contributed by atoms with Gasteiger partial charge in [-0.05, 0) is 61.4 Å². The van der Waals surface area contributed by atoms with E-state index in [1.54, 1.807) is 6.20 Å². The quantitative estimate of drug-likeness (QED) is 0.586. The number of carbonyl (C=O) groups excluding carboxylic acids is 1. The third-order valence-corrected chi connectivity index (χ3v) is 5.11. The number of ether oxygens (including phenoxy) is 1. The summed E-state index contributed by atoms with van der Waals surface area (Å²) >= 11 is 0. The maximum absolute atomic E-state index is 13.4. The second-order valence-electron chi connectivity index (χ2n) is 6.78. The number of nitrogens with zero attached hydrogens (tertiary/aromatic N) is 1. The van der Waals surface area contributed by atoms with E-state index in [2.05, 4.69) is 10.3 Å². The van der Waals surface area contributed by atoms with Gasteiger partial charge in [0.15, 0.2) is 5.78 Å². The van der Waals surface area contributed by atoms with Gasteiger partial charge in [-0.3, -0.25) is 4.79 Å². The minimum absolute atomic E-state index is 0.0555. The summed E-state index contributed by atoms with van der Waals surface area (Å²) in [5.74, 6) is 0.467. The van der Waals surface area contributed by atoms with Crippen molar-refractivity contribution < 1.29 is 19.4 Å². The summed E-state index contributed by atoms with van der Waals surface area (Å²) in [6.07, 6.45) is 1.19. The van der Waals surface area contributed by atoms with E-state index in [1.165, 1.54) is 0 Å². The summed E-state index contributed by atoms with van der Waals surface area (Å²) in [5.41, 5.74) is 4.17. The van der Waals surface area contributed by atoms with Crippen molar-refractivity contribution in [1.82, 2.24) is 10.3 Å². The SMILES string of the molecule is CCOc1nccc2c(C(=O)c3ccc(CCNC(=O)O)c(C)c3C)cccc12. The summed E-state index contributed by atoms with van der Waals surface area (Å²) in [7, 11) is 0. The second kappa shape index (κ2) is 8.73. The number of pyridine rings is 1. The topological polar surface area (TPSA) is 88.5 Å². The lowest BCUT2D eigenvalue weighted by Gasteiger charge is -2.14. The summed E-state index contributed by atoms with van der Waals surface area (Å²) in [6, 6.07) is 11.1. The smallest absolute Gasteiger partial charge is 0.404 e. The minimum Gasteiger partial charge on any atom is -0.478 e. The molecule has 2 N–H and O–H groups in total. The van der Waals surface area contributed by atoms with E-state index in [4.69, 9.17) is 9.84 Å². The van der Waals surface area contributed by atoms with Crippen LogP contribution in [0.4, 0.5) is 4.79 Å². The van der Waals surface area contributed by atoms with E-state index in [9.17, 15) is 9.59 Å². The van der Waals surface area contributed by atoms with Crippen LogP contribution in [0.25, 0.3) is 10.8 Å².